The number of esters is 4. The van der Waals surface area contributed by atoms with Gasteiger partial charge in [-0.3, -0.25) is 0 Å². The lowest BCUT2D eigenvalue weighted by Crippen LogP contribution is -2.02. The van der Waals surface area contributed by atoms with Crippen LogP contribution in [0.3, 0.4) is 0 Å². The topological polar surface area (TPSA) is 86.7 Å². The Kier molecular flexibility index (Phi) is 3.12. The molecule has 0 aromatic heterocycles. The van der Waals surface area contributed by atoms with E-state index in [-0.39, 0.29) is 22.3 Å². The van der Waals surface area contributed by atoms with Gasteiger partial charge in [0.15, 0.2) is 0 Å². The molecule has 2 aromatic carbocycles. The first-order valence-corrected chi connectivity index (χ1v) is 7.65. The van der Waals surface area contributed by atoms with Gasteiger partial charge in [-0.1, -0.05) is 0 Å². The Morgan fingerprint density at radius 2 is 0.920 bits per heavy atom. The third-order valence-corrected chi connectivity index (χ3v) is 4.58. The second kappa shape index (κ2) is 5.11. The van der Waals surface area contributed by atoms with Gasteiger partial charge in [0.05, 0.1) is 22.3 Å². The van der Waals surface area contributed by atoms with Gasteiger partial charge < -0.3 is 9.47 Å². The maximum absolute atomic E-state index is 11.7. The number of rotatable bonds is 2. The molecule has 0 radical (unpaired) electrons. The highest BCUT2D eigenvalue weighted by Gasteiger charge is 2.32. The third-order valence-electron chi connectivity index (χ3n) is 4.58. The van der Waals surface area contributed by atoms with Crippen molar-refractivity contribution in [3.05, 3.63) is 68.8 Å². The second-order valence-electron chi connectivity index (χ2n) is 6.18. The number of aryl methyl sites for hydroxylation is 2. The molecule has 124 valence electrons. The molecule has 0 bridgehead atoms. The molecular formula is C19H12O6. The zero-order valence-corrected chi connectivity index (χ0v) is 13.5. The molecule has 4 rings (SSSR count). The van der Waals surface area contributed by atoms with Crippen LogP contribution in [0.4, 0.5) is 0 Å². The van der Waals surface area contributed by atoms with E-state index in [0.717, 1.165) is 22.3 Å². The van der Waals surface area contributed by atoms with Crippen molar-refractivity contribution < 1.29 is 28.7 Å². The lowest BCUT2D eigenvalue weighted by molar-refractivity contribution is 0.0425. The summed E-state index contributed by atoms with van der Waals surface area (Å²) in [4.78, 5) is 46.7. The van der Waals surface area contributed by atoms with Crippen LogP contribution in [0.25, 0.3) is 0 Å². The Labute approximate surface area is 142 Å². The second-order valence-corrected chi connectivity index (χ2v) is 6.18. The summed E-state index contributed by atoms with van der Waals surface area (Å²) in [6, 6.07) is 6.57. The first-order valence-electron chi connectivity index (χ1n) is 7.65. The van der Waals surface area contributed by atoms with E-state index in [9.17, 15) is 19.2 Å². The van der Waals surface area contributed by atoms with E-state index in [1.807, 2.05) is 13.8 Å². The van der Waals surface area contributed by atoms with Gasteiger partial charge in [-0.2, -0.15) is 0 Å². The lowest BCUT2D eigenvalue weighted by Gasteiger charge is -2.11. The zero-order chi connectivity index (χ0) is 17.9. The van der Waals surface area contributed by atoms with Crippen molar-refractivity contribution in [2.24, 2.45) is 0 Å². The molecule has 0 amide bonds. The number of fused-ring (bicyclic) bond motifs is 2. The third kappa shape index (κ3) is 2.26. The van der Waals surface area contributed by atoms with Crippen molar-refractivity contribution in [3.63, 3.8) is 0 Å². The number of hydrogen-bond acceptors (Lipinski definition) is 6. The van der Waals surface area contributed by atoms with Crippen molar-refractivity contribution in [2.75, 3.05) is 0 Å². The van der Waals surface area contributed by atoms with Gasteiger partial charge in [-0.15, -0.1) is 0 Å². The fourth-order valence-corrected chi connectivity index (χ4v) is 3.16. The first kappa shape index (κ1) is 15.3. The minimum Gasteiger partial charge on any atom is -0.386 e. The van der Waals surface area contributed by atoms with E-state index in [1.165, 1.54) is 0 Å². The van der Waals surface area contributed by atoms with Crippen molar-refractivity contribution in [1.29, 1.82) is 0 Å². The van der Waals surface area contributed by atoms with E-state index in [4.69, 9.17) is 0 Å². The Balaban J connectivity index is 1.77. The molecular weight excluding hydrogens is 324 g/mol. The number of benzene rings is 2. The average molecular weight is 336 g/mol. The molecule has 2 heterocycles. The van der Waals surface area contributed by atoms with Gasteiger partial charge in [0.25, 0.3) is 0 Å². The van der Waals surface area contributed by atoms with Crippen LogP contribution in [0, 0.1) is 13.8 Å². The molecule has 0 saturated carbocycles. The molecule has 2 aliphatic heterocycles. The highest BCUT2D eigenvalue weighted by atomic mass is 16.6. The Morgan fingerprint density at radius 1 is 0.600 bits per heavy atom. The van der Waals surface area contributed by atoms with E-state index in [2.05, 4.69) is 9.47 Å². The van der Waals surface area contributed by atoms with Crippen LogP contribution in [0.15, 0.2) is 24.3 Å². The Bertz CT molecular complexity index is 934. The first-order chi connectivity index (χ1) is 11.8. The van der Waals surface area contributed by atoms with Gasteiger partial charge in [0, 0.05) is 0 Å². The molecule has 2 aromatic rings. The summed E-state index contributed by atoms with van der Waals surface area (Å²) in [5, 5.41) is 0. The average Bonchev–Trinajstić information content (AvgIpc) is 2.97. The van der Waals surface area contributed by atoms with Crippen LogP contribution >= 0.6 is 0 Å². The normalized spacial score (nSPS) is 15.1. The van der Waals surface area contributed by atoms with Gasteiger partial charge in [-0.05, 0) is 66.8 Å². The zero-order valence-electron chi connectivity index (χ0n) is 13.5. The molecule has 0 aliphatic carbocycles. The summed E-state index contributed by atoms with van der Waals surface area (Å²) in [6.45, 7) is 3.68. The SMILES string of the molecule is Cc1cc2c(cc1Cc1cc3c(cc1C)C(=O)OC3=O)C(=O)OC2=O. The molecule has 6 heteroatoms. The number of hydrogen-bond donors (Lipinski definition) is 0. The fraction of sp³-hybridized carbons (Fsp3) is 0.158. The summed E-state index contributed by atoms with van der Waals surface area (Å²) in [5.41, 5.74) is 4.39. The molecule has 0 saturated heterocycles. The lowest BCUT2D eigenvalue weighted by atomic mass is 9.92. The number of ether oxygens (including phenoxy) is 2. The molecule has 0 spiro atoms. The number of cyclic esters (lactones) is 4. The molecule has 25 heavy (non-hydrogen) atoms. The van der Waals surface area contributed by atoms with Crippen LogP contribution in [-0.2, 0) is 15.9 Å². The number of carbonyl (C=O) groups excluding carboxylic acids is 4. The van der Waals surface area contributed by atoms with E-state index in [0.29, 0.717) is 6.42 Å². The predicted octanol–water partition coefficient (Wildman–Crippen LogP) is 2.52. The fourth-order valence-electron chi connectivity index (χ4n) is 3.16. The van der Waals surface area contributed by atoms with Gasteiger partial charge in [0.1, 0.15) is 0 Å². The highest BCUT2D eigenvalue weighted by molar-refractivity contribution is 6.15. The molecule has 0 fully saturated rings. The summed E-state index contributed by atoms with van der Waals surface area (Å²) >= 11 is 0. The standard InChI is InChI=1S/C19H12O6/c1-8-3-12-14(18(22)24-16(12)20)6-10(8)5-11-7-15-13(4-9(11)2)17(21)25-19(15)23/h3-4,6-7H,5H2,1-2H3. The van der Waals surface area contributed by atoms with Crippen LogP contribution in [0.2, 0.25) is 0 Å². The van der Waals surface area contributed by atoms with Gasteiger partial charge >= 0.3 is 23.9 Å². The summed E-state index contributed by atoms with van der Waals surface area (Å²) in [5.74, 6) is -2.57. The van der Waals surface area contributed by atoms with E-state index < -0.39 is 23.9 Å². The minimum absolute atomic E-state index is 0.249. The van der Waals surface area contributed by atoms with Crippen molar-refractivity contribution in [1.82, 2.24) is 0 Å². The van der Waals surface area contributed by atoms with Crippen molar-refractivity contribution in [3.8, 4) is 0 Å². The van der Waals surface area contributed by atoms with E-state index >= 15 is 0 Å². The summed E-state index contributed by atoms with van der Waals surface area (Å²) in [6.07, 6.45) is 0.446. The predicted molar refractivity (Wildman–Crippen MR) is 84.7 cm³/mol. The quantitative estimate of drug-likeness (QED) is 0.619. The molecule has 0 N–H and O–H groups in total. The molecule has 2 aliphatic rings. The number of carbonyl (C=O) groups is 4. The van der Waals surface area contributed by atoms with Crippen molar-refractivity contribution >= 4 is 23.9 Å². The van der Waals surface area contributed by atoms with Crippen LogP contribution in [0.1, 0.15) is 63.7 Å². The van der Waals surface area contributed by atoms with E-state index in [1.54, 1.807) is 24.3 Å². The Hall–Kier alpha value is -3.28. The molecule has 0 unspecified atom stereocenters. The van der Waals surface area contributed by atoms with Gasteiger partial charge in [0.2, 0.25) is 0 Å². The summed E-state index contributed by atoms with van der Waals surface area (Å²) < 4.78 is 9.25. The molecule has 6 nitrogen and oxygen atoms in total. The van der Waals surface area contributed by atoms with Crippen LogP contribution in [-0.4, -0.2) is 23.9 Å². The van der Waals surface area contributed by atoms with Gasteiger partial charge in [-0.25, -0.2) is 19.2 Å². The minimum atomic E-state index is -0.652. The molecule has 0 atom stereocenters. The highest BCUT2D eigenvalue weighted by Crippen LogP contribution is 2.29. The maximum atomic E-state index is 11.7. The smallest absolute Gasteiger partial charge is 0.346 e. The monoisotopic (exact) mass is 336 g/mol. The van der Waals surface area contributed by atoms with Crippen LogP contribution in [0.5, 0.6) is 0 Å². The largest absolute Gasteiger partial charge is 0.386 e. The maximum Gasteiger partial charge on any atom is 0.346 e. The van der Waals surface area contributed by atoms with Crippen LogP contribution < -0.4 is 0 Å². The van der Waals surface area contributed by atoms with Crippen molar-refractivity contribution in [2.45, 2.75) is 20.3 Å². The Morgan fingerprint density at radius 3 is 1.28 bits per heavy atom. The summed E-state index contributed by atoms with van der Waals surface area (Å²) in [7, 11) is 0.